The summed E-state index contributed by atoms with van der Waals surface area (Å²) in [5.41, 5.74) is 1.23. The van der Waals surface area contributed by atoms with E-state index in [1.165, 1.54) is 0 Å². The van der Waals surface area contributed by atoms with Gasteiger partial charge in [-0.05, 0) is 29.8 Å². The molecule has 7 nitrogen and oxygen atoms in total. The molecule has 0 saturated carbocycles. The smallest absolute Gasteiger partial charge is 0.417 e. The lowest BCUT2D eigenvalue weighted by Gasteiger charge is -2.23. The lowest BCUT2D eigenvalue weighted by atomic mass is 10.1. The zero-order valence-corrected chi connectivity index (χ0v) is 14.2. The molecule has 7 heteroatoms. The van der Waals surface area contributed by atoms with Gasteiger partial charge in [0.15, 0.2) is 6.61 Å². The molecule has 2 aromatic rings. The third kappa shape index (κ3) is 3.83. The Balaban J connectivity index is 1.80. The lowest BCUT2D eigenvalue weighted by molar-refractivity contribution is -0.126. The highest BCUT2D eigenvalue weighted by molar-refractivity contribution is 5.98. The molecular formula is C19H18N2O5. The number of amides is 3. The molecule has 1 saturated heterocycles. The Kier molecular flexibility index (Phi) is 5.17. The quantitative estimate of drug-likeness (QED) is 0.859. The van der Waals surface area contributed by atoms with Crippen LogP contribution in [0.4, 0.5) is 4.79 Å². The fourth-order valence-corrected chi connectivity index (χ4v) is 2.64. The molecule has 1 fully saturated rings. The van der Waals surface area contributed by atoms with Crippen molar-refractivity contribution in [3.63, 3.8) is 0 Å². The summed E-state index contributed by atoms with van der Waals surface area (Å²) in [7, 11) is 1.55. The highest BCUT2D eigenvalue weighted by atomic mass is 16.6. The highest BCUT2D eigenvalue weighted by Crippen LogP contribution is 2.19. The fourth-order valence-electron chi connectivity index (χ4n) is 2.64. The van der Waals surface area contributed by atoms with E-state index >= 15 is 0 Å². The van der Waals surface area contributed by atoms with E-state index in [1.54, 1.807) is 31.4 Å². The SMILES string of the molecule is COc1ccc(C(=O)NC(CN2C(=O)COC2=O)c2ccccc2)cc1. The van der Waals surface area contributed by atoms with Gasteiger partial charge >= 0.3 is 6.09 Å². The number of imide groups is 1. The minimum absolute atomic E-state index is 0.00355. The number of carbonyl (C=O) groups is 3. The molecule has 1 atom stereocenters. The van der Waals surface area contributed by atoms with Gasteiger partial charge in [0.05, 0.1) is 19.7 Å². The first kappa shape index (κ1) is 17.5. The van der Waals surface area contributed by atoms with E-state index in [-0.39, 0.29) is 19.1 Å². The zero-order valence-electron chi connectivity index (χ0n) is 14.2. The van der Waals surface area contributed by atoms with Crippen LogP contribution in [0.25, 0.3) is 0 Å². The molecule has 2 aromatic carbocycles. The Hall–Kier alpha value is -3.35. The van der Waals surface area contributed by atoms with Crippen molar-refractivity contribution in [2.45, 2.75) is 6.04 Å². The van der Waals surface area contributed by atoms with Gasteiger partial charge < -0.3 is 14.8 Å². The van der Waals surface area contributed by atoms with E-state index in [4.69, 9.17) is 9.47 Å². The molecule has 0 bridgehead atoms. The summed E-state index contributed by atoms with van der Waals surface area (Å²) < 4.78 is 9.82. The maximum atomic E-state index is 12.6. The number of rotatable bonds is 6. The Bertz CT molecular complexity index is 788. The van der Waals surface area contributed by atoms with Crippen LogP contribution in [-0.4, -0.2) is 43.1 Å². The van der Waals surface area contributed by atoms with Gasteiger partial charge in [0.1, 0.15) is 5.75 Å². The topological polar surface area (TPSA) is 84.9 Å². The van der Waals surface area contributed by atoms with Crippen LogP contribution in [0, 0.1) is 0 Å². The normalized spacial score (nSPS) is 14.7. The van der Waals surface area contributed by atoms with Crippen LogP contribution in [0.3, 0.4) is 0 Å². The third-order valence-corrected chi connectivity index (χ3v) is 4.07. The van der Waals surface area contributed by atoms with Gasteiger partial charge in [-0.1, -0.05) is 30.3 Å². The summed E-state index contributed by atoms with van der Waals surface area (Å²) in [6.45, 7) is -0.268. The molecule has 0 radical (unpaired) electrons. The van der Waals surface area contributed by atoms with Gasteiger partial charge in [0.25, 0.3) is 11.8 Å². The minimum atomic E-state index is -0.699. The summed E-state index contributed by atoms with van der Waals surface area (Å²) in [5.74, 6) is -0.0947. The Morgan fingerprint density at radius 2 is 1.85 bits per heavy atom. The van der Waals surface area contributed by atoms with Crippen LogP contribution in [0.15, 0.2) is 54.6 Å². The summed E-state index contributed by atoms with van der Waals surface area (Å²) in [5, 5.41) is 2.87. The second kappa shape index (κ2) is 7.69. The molecule has 1 aliphatic heterocycles. The number of carbonyl (C=O) groups excluding carboxylic acids is 3. The average molecular weight is 354 g/mol. The molecule has 1 aliphatic rings. The van der Waals surface area contributed by atoms with Crippen molar-refractivity contribution in [3.8, 4) is 5.75 Å². The number of hydrogen-bond acceptors (Lipinski definition) is 5. The monoisotopic (exact) mass is 354 g/mol. The van der Waals surface area contributed by atoms with E-state index in [2.05, 4.69) is 5.32 Å². The molecule has 0 aliphatic carbocycles. The predicted octanol–water partition coefficient (Wildman–Crippen LogP) is 2.15. The lowest BCUT2D eigenvalue weighted by Crippen LogP contribution is -2.40. The molecular weight excluding hydrogens is 336 g/mol. The van der Waals surface area contributed by atoms with Gasteiger partial charge in [0, 0.05) is 5.56 Å². The number of benzene rings is 2. The van der Waals surface area contributed by atoms with E-state index in [1.807, 2.05) is 30.3 Å². The van der Waals surface area contributed by atoms with E-state index in [0.29, 0.717) is 11.3 Å². The summed E-state index contributed by atoms with van der Waals surface area (Å²) in [4.78, 5) is 37.2. The first-order chi connectivity index (χ1) is 12.6. The molecule has 0 aromatic heterocycles. The fraction of sp³-hybridized carbons (Fsp3) is 0.211. The van der Waals surface area contributed by atoms with Gasteiger partial charge in [0.2, 0.25) is 0 Å². The van der Waals surface area contributed by atoms with Gasteiger partial charge in [-0.15, -0.1) is 0 Å². The number of hydrogen-bond donors (Lipinski definition) is 1. The van der Waals surface area contributed by atoms with Crippen molar-refractivity contribution in [2.75, 3.05) is 20.3 Å². The maximum absolute atomic E-state index is 12.6. The Morgan fingerprint density at radius 3 is 2.42 bits per heavy atom. The van der Waals surface area contributed by atoms with Crippen molar-refractivity contribution >= 4 is 17.9 Å². The highest BCUT2D eigenvalue weighted by Gasteiger charge is 2.33. The average Bonchev–Trinajstić information content (AvgIpc) is 3.00. The third-order valence-electron chi connectivity index (χ3n) is 4.07. The van der Waals surface area contributed by atoms with Crippen LogP contribution in [0.5, 0.6) is 5.75 Å². The van der Waals surface area contributed by atoms with Crippen molar-refractivity contribution in [2.24, 2.45) is 0 Å². The van der Waals surface area contributed by atoms with E-state index in [0.717, 1.165) is 10.5 Å². The van der Waals surface area contributed by atoms with Crippen LogP contribution in [0.2, 0.25) is 0 Å². The van der Waals surface area contributed by atoms with Crippen LogP contribution >= 0.6 is 0 Å². The van der Waals surface area contributed by atoms with Crippen LogP contribution in [-0.2, 0) is 9.53 Å². The van der Waals surface area contributed by atoms with Gasteiger partial charge in [-0.2, -0.15) is 0 Å². The minimum Gasteiger partial charge on any atom is -0.497 e. The molecule has 1 unspecified atom stereocenters. The number of nitrogens with one attached hydrogen (secondary N) is 1. The summed E-state index contributed by atoms with van der Waals surface area (Å²) in [6.07, 6.45) is -0.699. The standard InChI is InChI=1S/C19H18N2O5/c1-25-15-9-7-14(8-10-15)18(23)20-16(13-5-3-2-4-6-13)11-21-17(22)12-26-19(21)24/h2-10,16H,11-12H2,1H3,(H,20,23). The first-order valence-corrected chi connectivity index (χ1v) is 8.05. The molecule has 3 amide bonds. The van der Waals surface area contributed by atoms with Crippen molar-refractivity contribution in [1.82, 2.24) is 10.2 Å². The summed E-state index contributed by atoms with van der Waals surface area (Å²) in [6, 6.07) is 15.3. The molecule has 1 heterocycles. The second-order valence-electron chi connectivity index (χ2n) is 5.72. The number of ether oxygens (including phenoxy) is 2. The van der Waals surface area contributed by atoms with E-state index < -0.39 is 18.0 Å². The van der Waals surface area contributed by atoms with Crippen LogP contribution in [0.1, 0.15) is 22.0 Å². The molecule has 26 heavy (non-hydrogen) atoms. The van der Waals surface area contributed by atoms with Crippen molar-refractivity contribution < 1.29 is 23.9 Å². The Morgan fingerprint density at radius 1 is 1.15 bits per heavy atom. The van der Waals surface area contributed by atoms with Crippen molar-refractivity contribution in [1.29, 1.82) is 0 Å². The molecule has 1 N–H and O–H groups in total. The van der Waals surface area contributed by atoms with Crippen LogP contribution < -0.4 is 10.1 Å². The van der Waals surface area contributed by atoms with Crippen molar-refractivity contribution in [3.05, 3.63) is 65.7 Å². The molecule has 3 rings (SSSR count). The first-order valence-electron chi connectivity index (χ1n) is 8.05. The number of nitrogens with zero attached hydrogens (tertiary/aromatic N) is 1. The summed E-state index contributed by atoms with van der Waals surface area (Å²) >= 11 is 0. The van der Waals surface area contributed by atoms with Gasteiger partial charge in [-0.25, -0.2) is 9.69 Å². The Labute approximate surface area is 150 Å². The molecule has 0 spiro atoms. The number of cyclic esters (lactones) is 1. The second-order valence-corrected chi connectivity index (χ2v) is 5.72. The zero-order chi connectivity index (χ0) is 18.5. The van der Waals surface area contributed by atoms with E-state index in [9.17, 15) is 14.4 Å². The predicted molar refractivity (Wildman–Crippen MR) is 92.7 cm³/mol. The maximum Gasteiger partial charge on any atom is 0.417 e. The largest absolute Gasteiger partial charge is 0.497 e. The van der Waals surface area contributed by atoms with Gasteiger partial charge in [-0.3, -0.25) is 9.59 Å². The number of methoxy groups -OCH3 is 1. The molecule has 134 valence electrons.